The zero-order valence-electron chi connectivity index (χ0n) is 16.7. The van der Waals surface area contributed by atoms with Crippen LogP contribution in [0.25, 0.3) is 22.4 Å². The molecule has 5 nitrogen and oxygen atoms in total. The molecule has 0 saturated heterocycles. The number of rotatable bonds is 5. The van der Waals surface area contributed by atoms with Crippen LogP contribution in [0.3, 0.4) is 0 Å². The largest absolute Gasteiger partial charge is 0.383 e. The van der Waals surface area contributed by atoms with Crippen molar-refractivity contribution in [2.24, 2.45) is 10.7 Å². The number of allylic oxidation sites excluding steroid dienone is 2. The fourth-order valence-electron chi connectivity index (χ4n) is 4.21. The summed E-state index contributed by atoms with van der Waals surface area (Å²) in [5, 5.41) is 0. The van der Waals surface area contributed by atoms with Crippen LogP contribution >= 0.6 is 0 Å². The van der Waals surface area contributed by atoms with Crippen molar-refractivity contribution in [3.05, 3.63) is 71.7 Å². The van der Waals surface area contributed by atoms with Gasteiger partial charge in [0.15, 0.2) is 11.5 Å². The third-order valence-electron chi connectivity index (χ3n) is 5.90. The van der Waals surface area contributed by atoms with Crippen LogP contribution in [-0.4, -0.2) is 27.4 Å². The van der Waals surface area contributed by atoms with E-state index in [0.717, 1.165) is 46.8 Å². The van der Waals surface area contributed by atoms with Crippen molar-refractivity contribution in [2.75, 3.05) is 7.05 Å². The van der Waals surface area contributed by atoms with Crippen molar-refractivity contribution < 1.29 is 0 Å². The van der Waals surface area contributed by atoms with E-state index in [1.165, 1.54) is 30.4 Å². The first kappa shape index (κ1) is 17.9. The molecule has 2 heterocycles. The molecule has 0 atom stereocenters. The number of hydrogen-bond donors (Lipinski definition) is 1. The Morgan fingerprint density at radius 3 is 2.76 bits per heavy atom. The van der Waals surface area contributed by atoms with Gasteiger partial charge in [0.05, 0.1) is 5.57 Å². The molecule has 2 aliphatic carbocycles. The number of pyridine rings is 1. The highest BCUT2D eigenvalue weighted by Crippen LogP contribution is 2.40. The van der Waals surface area contributed by atoms with Crippen molar-refractivity contribution >= 4 is 22.6 Å². The van der Waals surface area contributed by atoms with E-state index in [4.69, 9.17) is 15.7 Å². The average Bonchev–Trinajstić information content (AvgIpc) is 3.37. The maximum Gasteiger partial charge on any atom is 0.165 e. The second kappa shape index (κ2) is 6.99. The Balaban J connectivity index is 1.79. The van der Waals surface area contributed by atoms with Gasteiger partial charge in [0, 0.05) is 24.3 Å². The first-order valence-electron chi connectivity index (χ1n) is 10.3. The molecule has 5 heteroatoms. The number of nitrogens with zero attached hydrogens (tertiary/aromatic N) is 4. The summed E-state index contributed by atoms with van der Waals surface area (Å²) in [6, 6.07) is 10.9. The Morgan fingerprint density at radius 2 is 2.00 bits per heavy atom. The lowest BCUT2D eigenvalue weighted by atomic mass is 10.1. The summed E-state index contributed by atoms with van der Waals surface area (Å²) in [7, 11) is 1.69. The topological polar surface area (TPSA) is 69.1 Å². The highest BCUT2D eigenvalue weighted by Gasteiger charge is 2.27. The summed E-state index contributed by atoms with van der Waals surface area (Å²) in [5.41, 5.74) is 13.8. The van der Waals surface area contributed by atoms with Gasteiger partial charge in [-0.05, 0) is 73.6 Å². The number of fused-ring (bicyclic) bond motifs is 2. The van der Waals surface area contributed by atoms with E-state index in [-0.39, 0.29) is 0 Å². The zero-order chi connectivity index (χ0) is 20.0. The SMILES string of the molecule is C=C/C=C(\C(N)=NC)c1nc2ccc(C3CC3)nc2n1-c1ccc2c(c1)CCC2. The summed E-state index contributed by atoms with van der Waals surface area (Å²) in [4.78, 5) is 14.1. The van der Waals surface area contributed by atoms with Crippen molar-refractivity contribution in [3.8, 4) is 5.69 Å². The van der Waals surface area contributed by atoms with Gasteiger partial charge < -0.3 is 5.73 Å². The molecule has 2 aliphatic rings. The summed E-state index contributed by atoms with van der Waals surface area (Å²) in [6.07, 6.45) is 9.54. The fourth-order valence-corrected chi connectivity index (χ4v) is 4.21. The number of amidine groups is 1. The third kappa shape index (κ3) is 3.07. The summed E-state index contributed by atoms with van der Waals surface area (Å²) >= 11 is 0. The molecule has 0 bridgehead atoms. The number of aliphatic imine (C=N–C) groups is 1. The lowest BCUT2D eigenvalue weighted by Gasteiger charge is -2.13. The molecule has 146 valence electrons. The third-order valence-corrected chi connectivity index (χ3v) is 5.90. The first-order chi connectivity index (χ1) is 14.2. The summed E-state index contributed by atoms with van der Waals surface area (Å²) in [6.45, 7) is 3.85. The van der Waals surface area contributed by atoms with Crippen LogP contribution in [0.15, 0.2) is 54.1 Å². The van der Waals surface area contributed by atoms with Crippen molar-refractivity contribution in [3.63, 3.8) is 0 Å². The molecule has 3 aromatic rings. The molecule has 0 aliphatic heterocycles. The van der Waals surface area contributed by atoms with E-state index in [2.05, 4.69) is 46.5 Å². The molecule has 0 spiro atoms. The van der Waals surface area contributed by atoms with Gasteiger partial charge >= 0.3 is 0 Å². The molecule has 2 N–H and O–H groups in total. The van der Waals surface area contributed by atoms with Gasteiger partial charge in [-0.3, -0.25) is 9.56 Å². The summed E-state index contributed by atoms with van der Waals surface area (Å²) in [5.74, 6) is 1.77. The van der Waals surface area contributed by atoms with Crippen LogP contribution in [0.4, 0.5) is 0 Å². The second-order valence-corrected chi connectivity index (χ2v) is 7.86. The highest BCUT2D eigenvalue weighted by molar-refractivity contribution is 6.21. The first-order valence-corrected chi connectivity index (χ1v) is 10.3. The Hall–Kier alpha value is -3.21. The molecule has 2 aromatic heterocycles. The molecule has 5 rings (SSSR count). The fraction of sp³-hybridized carbons (Fsp3) is 0.292. The lowest BCUT2D eigenvalue weighted by molar-refractivity contribution is 0.911. The summed E-state index contributed by atoms with van der Waals surface area (Å²) < 4.78 is 2.13. The van der Waals surface area contributed by atoms with Gasteiger partial charge in [-0.15, -0.1) is 0 Å². The smallest absolute Gasteiger partial charge is 0.165 e. The van der Waals surface area contributed by atoms with Crippen LogP contribution in [0.2, 0.25) is 0 Å². The monoisotopic (exact) mass is 383 g/mol. The number of aromatic nitrogens is 3. The molecule has 0 radical (unpaired) electrons. The number of imidazole rings is 1. The van der Waals surface area contributed by atoms with Crippen LogP contribution in [0.5, 0.6) is 0 Å². The Labute approximate surface area is 170 Å². The molecule has 0 unspecified atom stereocenters. The van der Waals surface area contributed by atoms with E-state index in [1.807, 2.05) is 6.08 Å². The molecule has 1 fully saturated rings. The Bertz CT molecular complexity index is 1180. The lowest BCUT2D eigenvalue weighted by Crippen LogP contribution is -2.17. The number of nitrogens with two attached hydrogens (primary N) is 1. The van der Waals surface area contributed by atoms with Crippen LogP contribution < -0.4 is 5.73 Å². The predicted molar refractivity (Wildman–Crippen MR) is 119 cm³/mol. The van der Waals surface area contributed by atoms with E-state index >= 15 is 0 Å². The van der Waals surface area contributed by atoms with E-state index < -0.39 is 0 Å². The molecular weight excluding hydrogens is 358 g/mol. The number of aryl methyl sites for hydroxylation is 2. The molecule has 29 heavy (non-hydrogen) atoms. The molecule has 1 saturated carbocycles. The van der Waals surface area contributed by atoms with Crippen LogP contribution in [-0.2, 0) is 12.8 Å². The van der Waals surface area contributed by atoms with E-state index in [1.54, 1.807) is 13.1 Å². The maximum absolute atomic E-state index is 6.24. The van der Waals surface area contributed by atoms with Crippen molar-refractivity contribution in [1.29, 1.82) is 0 Å². The molecule has 0 amide bonds. The van der Waals surface area contributed by atoms with Gasteiger partial charge in [0.25, 0.3) is 0 Å². The maximum atomic E-state index is 6.24. The second-order valence-electron chi connectivity index (χ2n) is 7.86. The minimum absolute atomic E-state index is 0.435. The Morgan fingerprint density at radius 1 is 1.17 bits per heavy atom. The standard InChI is InChI=1S/C24H25N5/c1-3-5-19(22(25)26-2)23-28-21-13-12-20(16-8-9-16)27-24(21)29(23)18-11-10-15-6-4-7-17(15)14-18/h3,5,10-14,16H,1,4,6-9H2,2H3,(H2,25,26)/b19-5+. The van der Waals surface area contributed by atoms with E-state index in [0.29, 0.717) is 11.8 Å². The van der Waals surface area contributed by atoms with Gasteiger partial charge in [-0.25, -0.2) is 9.97 Å². The quantitative estimate of drug-likeness (QED) is 0.405. The van der Waals surface area contributed by atoms with Crippen molar-refractivity contribution in [2.45, 2.75) is 38.0 Å². The van der Waals surface area contributed by atoms with E-state index in [9.17, 15) is 0 Å². The molecule has 1 aromatic carbocycles. The predicted octanol–water partition coefficient (Wildman–Crippen LogP) is 4.34. The van der Waals surface area contributed by atoms with Crippen molar-refractivity contribution in [1.82, 2.24) is 14.5 Å². The number of benzene rings is 1. The molecular formula is C24H25N5. The van der Waals surface area contributed by atoms with Crippen LogP contribution in [0, 0.1) is 0 Å². The average molecular weight is 383 g/mol. The van der Waals surface area contributed by atoms with Gasteiger partial charge in [-0.2, -0.15) is 0 Å². The van der Waals surface area contributed by atoms with Gasteiger partial charge in [0.1, 0.15) is 11.4 Å². The highest BCUT2D eigenvalue weighted by atomic mass is 15.1. The minimum Gasteiger partial charge on any atom is -0.383 e. The normalized spacial score (nSPS) is 17.0. The zero-order valence-corrected chi connectivity index (χ0v) is 16.7. The van der Waals surface area contributed by atoms with Gasteiger partial charge in [0.2, 0.25) is 0 Å². The Kier molecular flexibility index (Phi) is 4.31. The van der Waals surface area contributed by atoms with Gasteiger partial charge in [-0.1, -0.05) is 18.7 Å². The number of hydrogen-bond acceptors (Lipinski definition) is 3. The van der Waals surface area contributed by atoms with Crippen LogP contribution in [0.1, 0.15) is 47.8 Å². The minimum atomic E-state index is 0.435.